The van der Waals surface area contributed by atoms with E-state index in [1.54, 1.807) is 41.3 Å². The zero-order chi connectivity index (χ0) is 21.8. The molecule has 3 aromatic rings. The van der Waals surface area contributed by atoms with Crippen molar-refractivity contribution in [2.24, 2.45) is 5.73 Å². The Labute approximate surface area is 178 Å². The number of amides is 3. The molecule has 0 atom stereocenters. The van der Waals surface area contributed by atoms with Gasteiger partial charge >= 0.3 is 0 Å². The van der Waals surface area contributed by atoms with Crippen LogP contribution in [0.5, 0.6) is 5.75 Å². The third-order valence-electron chi connectivity index (χ3n) is 4.94. The molecule has 8 heteroatoms. The summed E-state index contributed by atoms with van der Waals surface area (Å²) in [5, 5.41) is 2.81. The second-order valence-electron chi connectivity index (χ2n) is 7.19. The first-order valence-corrected chi connectivity index (χ1v) is 9.76. The largest absolute Gasteiger partial charge is 0.484 e. The summed E-state index contributed by atoms with van der Waals surface area (Å²) in [7, 11) is 0. The lowest BCUT2D eigenvalue weighted by Gasteiger charge is -2.16. The average Bonchev–Trinajstić information content (AvgIpc) is 3.42. The van der Waals surface area contributed by atoms with Crippen LogP contribution in [0.2, 0.25) is 0 Å². The quantitative estimate of drug-likeness (QED) is 0.611. The van der Waals surface area contributed by atoms with Gasteiger partial charge < -0.3 is 25.1 Å². The standard InChI is InChI=1S/C23H21N3O5/c24-21(27)11-15-1-4-19(5-2-15)31-14-22(28)25-18-3-6-20-16(12-18)7-9-26(20)23(29)17-8-10-30-13-17/h1-6,8,10,12-13H,7,9,11,14H2,(H2,24,27)(H,25,28). The van der Waals surface area contributed by atoms with Crippen molar-refractivity contribution < 1.29 is 23.5 Å². The molecule has 8 nitrogen and oxygen atoms in total. The number of carbonyl (C=O) groups excluding carboxylic acids is 3. The minimum absolute atomic E-state index is 0.112. The minimum atomic E-state index is -0.406. The number of benzene rings is 2. The number of fused-ring (bicyclic) bond motifs is 1. The molecule has 2 aromatic carbocycles. The van der Waals surface area contributed by atoms with E-state index < -0.39 is 5.91 Å². The van der Waals surface area contributed by atoms with Crippen LogP contribution in [0.3, 0.4) is 0 Å². The summed E-state index contributed by atoms with van der Waals surface area (Å²) in [6, 6.07) is 13.9. The van der Waals surface area contributed by atoms with Crippen LogP contribution < -0.4 is 20.7 Å². The van der Waals surface area contributed by atoms with Gasteiger partial charge in [-0.2, -0.15) is 0 Å². The van der Waals surface area contributed by atoms with Crippen LogP contribution in [0, 0.1) is 0 Å². The van der Waals surface area contributed by atoms with E-state index in [-0.39, 0.29) is 24.8 Å². The van der Waals surface area contributed by atoms with Crippen molar-refractivity contribution in [3.63, 3.8) is 0 Å². The number of hydrogen-bond donors (Lipinski definition) is 2. The molecule has 0 saturated carbocycles. The van der Waals surface area contributed by atoms with E-state index in [9.17, 15) is 14.4 Å². The number of hydrogen-bond acceptors (Lipinski definition) is 5. The number of rotatable bonds is 7. The lowest BCUT2D eigenvalue weighted by Crippen LogP contribution is -2.28. The van der Waals surface area contributed by atoms with Gasteiger partial charge in [-0.1, -0.05) is 12.1 Å². The first kappa shape index (κ1) is 20.2. The molecule has 1 aliphatic rings. The fourth-order valence-electron chi connectivity index (χ4n) is 3.48. The highest BCUT2D eigenvalue weighted by Crippen LogP contribution is 2.31. The van der Waals surface area contributed by atoms with Crippen LogP contribution in [-0.4, -0.2) is 30.9 Å². The molecule has 0 saturated heterocycles. The summed E-state index contributed by atoms with van der Waals surface area (Å²) in [5.41, 5.74) is 8.91. The number of carbonyl (C=O) groups is 3. The Morgan fingerprint density at radius 2 is 1.90 bits per heavy atom. The molecule has 3 N–H and O–H groups in total. The van der Waals surface area contributed by atoms with Crippen LogP contribution in [0.25, 0.3) is 0 Å². The van der Waals surface area contributed by atoms with Gasteiger partial charge in [0.15, 0.2) is 6.61 Å². The normalized spacial score (nSPS) is 12.3. The zero-order valence-corrected chi connectivity index (χ0v) is 16.7. The first-order valence-electron chi connectivity index (χ1n) is 9.76. The van der Waals surface area contributed by atoms with Crippen molar-refractivity contribution in [2.75, 3.05) is 23.4 Å². The van der Waals surface area contributed by atoms with E-state index in [2.05, 4.69) is 5.32 Å². The molecule has 0 spiro atoms. The van der Waals surface area contributed by atoms with Crippen molar-refractivity contribution in [3.8, 4) is 5.75 Å². The van der Waals surface area contributed by atoms with E-state index in [0.29, 0.717) is 30.0 Å². The van der Waals surface area contributed by atoms with E-state index in [1.165, 1.54) is 12.5 Å². The average molecular weight is 419 g/mol. The second kappa shape index (κ2) is 8.74. The Kier molecular flexibility index (Phi) is 5.70. The number of anilines is 2. The van der Waals surface area contributed by atoms with Gasteiger partial charge in [0.2, 0.25) is 5.91 Å². The smallest absolute Gasteiger partial charge is 0.262 e. The molecule has 1 aliphatic heterocycles. The molecule has 2 heterocycles. The summed E-state index contributed by atoms with van der Waals surface area (Å²) in [6.45, 7) is 0.420. The monoisotopic (exact) mass is 419 g/mol. The molecule has 0 unspecified atom stereocenters. The van der Waals surface area contributed by atoms with E-state index >= 15 is 0 Å². The van der Waals surface area contributed by atoms with Crippen molar-refractivity contribution in [2.45, 2.75) is 12.8 Å². The number of nitrogens with zero attached hydrogens (tertiary/aromatic N) is 1. The number of furan rings is 1. The van der Waals surface area contributed by atoms with Gasteiger partial charge in [-0.25, -0.2) is 0 Å². The van der Waals surface area contributed by atoms with E-state index in [1.807, 2.05) is 12.1 Å². The van der Waals surface area contributed by atoms with Gasteiger partial charge in [-0.15, -0.1) is 0 Å². The lowest BCUT2D eigenvalue weighted by molar-refractivity contribution is -0.118. The Hall–Kier alpha value is -4.07. The first-order chi connectivity index (χ1) is 15.0. The van der Waals surface area contributed by atoms with E-state index in [0.717, 1.165) is 16.8 Å². The van der Waals surface area contributed by atoms with Gasteiger partial charge in [-0.3, -0.25) is 14.4 Å². The van der Waals surface area contributed by atoms with Crippen molar-refractivity contribution in [1.29, 1.82) is 0 Å². The zero-order valence-electron chi connectivity index (χ0n) is 16.7. The number of ether oxygens (including phenoxy) is 1. The predicted molar refractivity (Wildman–Crippen MR) is 114 cm³/mol. The van der Waals surface area contributed by atoms with Crippen molar-refractivity contribution in [1.82, 2.24) is 0 Å². The second-order valence-corrected chi connectivity index (χ2v) is 7.19. The maximum Gasteiger partial charge on any atom is 0.262 e. The third kappa shape index (κ3) is 4.75. The number of primary amides is 1. The van der Waals surface area contributed by atoms with Crippen LogP contribution in [-0.2, 0) is 22.4 Å². The maximum absolute atomic E-state index is 12.6. The highest BCUT2D eigenvalue weighted by atomic mass is 16.5. The Bertz CT molecular complexity index is 1110. The fourth-order valence-corrected chi connectivity index (χ4v) is 3.48. The number of nitrogens with one attached hydrogen (secondary N) is 1. The minimum Gasteiger partial charge on any atom is -0.484 e. The summed E-state index contributed by atoms with van der Waals surface area (Å²) in [5.74, 6) is -0.299. The van der Waals surface area contributed by atoms with Crippen molar-refractivity contribution in [3.05, 3.63) is 77.7 Å². The summed E-state index contributed by atoms with van der Waals surface area (Å²) in [4.78, 5) is 37.5. The lowest BCUT2D eigenvalue weighted by atomic mass is 10.1. The topological polar surface area (TPSA) is 115 Å². The van der Waals surface area contributed by atoms with Gasteiger partial charge in [0.05, 0.1) is 18.2 Å². The molecule has 31 heavy (non-hydrogen) atoms. The van der Waals surface area contributed by atoms with Crippen LogP contribution >= 0.6 is 0 Å². The fraction of sp³-hybridized carbons (Fsp3) is 0.174. The van der Waals surface area contributed by atoms with Gasteiger partial charge in [0, 0.05) is 17.9 Å². The van der Waals surface area contributed by atoms with Gasteiger partial charge in [0.1, 0.15) is 12.0 Å². The molecule has 4 rings (SSSR count). The molecular formula is C23H21N3O5. The maximum atomic E-state index is 12.6. The summed E-state index contributed by atoms with van der Waals surface area (Å²) < 4.78 is 10.5. The molecule has 0 aliphatic carbocycles. The number of nitrogens with two attached hydrogens (primary N) is 1. The predicted octanol–water partition coefficient (Wildman–Crippen LogP) is 2.53. The molecule has 0 radical (unpaired) electrons. The highest BCUT2D eigenvalue weighted by molar-refractivity contribution is 6.07. The molecule has 0 bridgehead atoms. The molecule has 1 aromatic heterocycles. The van der Waals surface area contributed by atoms with Crippen molar-refractivity contribution >= 4 is 29.1 Å². The Balaban J connectivity index is 1.33. The van der Waals surface area contributed by atoms with Crippen LogP contribution in [0.1, 0.15) is 21.5 Å². The van der Waals surface area contributed by atoms with Crippen LogP contribution in [0.15, 0.2) is 65.5 Å². The Morgan fingerprint density at radius 3 is 2.61 bits per heavy atom. The third-order valence-corrected chi connectivity index (χ3v) is 4.94. The molecule has 3 amide bonds. The summed E-state index contributed by atoms with van der Waals surface area (Å²) in [6.07, 6.45) is 3.77. The van der Waals surface area contributed by atoms with Gasteiger partial charge in [-0.05, 0) is 53.9 Å². The SMILES string of the molecule is NC(=O)Cc1ccc(OCC(=O)Nc2ccc3c(c2)CCN3C(=O)c2ccoc2)cc1. The van der Waals surface area contributed by atoms with Gasteiger partial charge in [0.25, 0.3) is 11.8 Å². The summed E-state index contributed by atoms with van der Waals surface area (Å²) >= 11 is 0. The molecule has 158 valence electrons. The molecular weight excluding hydrogens is 398 g/mol. The van der Waals surface area contributed by atoms with E-state index in [4.69, 9.17) is 14.9 Å². The Morgan fingerprint density at radius 1 is 1.10 bits per heavy atom. The van der Waals surface area contributed by atoms with Crippen LogP contribution in [0.4, 0.5) is 11.4 Å². The molecule has 0 fully saturated rings. The highest BCUT2D eigenvalue weighted by Gasteiger charge is 2.26.